The number of likely N-dealkylation sites (tertiary alicyclic amines) is 1. The molecule has 0 aromatic rings. The molecule has 7 heteroatoms. The molecule has 2 rings (SSSR count). The van der Waals surface area contributed by atoms with Crippen LogP contribution < -0.4 is 0 Å². The van der Waals surface area contributed by atoms with Gasteiger partial charge in [-0.2, -0.15) is 0 Å². The smallest absolute Gasteiger partial charge is 0.307 e. The fourth-order valence-corrected chi connectivity index (χ4v) is 3.70. The highest BCUT2D eigenvalue weighted by atomic mass is 127. The monoisotopic (exact) mass is 488 g/mol. The Morgan fingerprint density at radius 2 is 2.04 bits per heavy atom. The molecule has 2 fully saturated rings. The third kappa shape index (κ3) is 6.34. The summed E-state index contributed by atoms with van der Waals surface area (Å²) in [4.78, 5) is 14.2. The topological polar surface area (TPSA) is 71.8 Å². The molecule has 2 saturated heterocycles. The maximum absolute atomic E-state index is 11.9. The molecule has 0 atom stereocenters. The summed E-state index contributed by atoms with van der Waals surface area (Å²) in [6.07, 6.45) is 10.8. The number of halogens is 1. The molecule has 27 heavy (non-hydrogen) atoms. The summed E-state index contributed by atoms with van der Waals surface area (Å²) in [7, 11) is 0. The van der Waals surface area contributed by atoms with Crippen LogP contribution >= 0.6 is 23.0 Å². The van der Waals surface area contributed by atoms with E-state index in [4.69, 9.17) is 17.9 Å². The Labute approximate surface area is 175 Å². The highest BCUT2D eigenvalue weighted by Gasteiger charge is 2.44. The molecule has 0 unspecified atom stereocenters. The van der Waals surface area contributed by atoms with Crippen LogP contribution in [0.4, 0.5) is 0 Å². The van der Waals surface area contributed by atoms with E-state index < -0.39 is 5.60 Å². The normalized spacial score (nSPS) is 23.1. The highest BCUT2D eigenvalue weighted by Crippen LogP contribution is 2.47. The quantitative estimate of drug-likeness (QED) is 0.263. The van der Waals surface area contributed by atoms with Gasteiger partial charge >= 0.3 is 5.97 Å². The van der Waals surface area contributed by atoms with Crippen LogP contribution in [0.3, 0.4) is 0 Å². The van der Waals surface area contributed by atoms with E-state index in [1.54, 1.807) is 12.3 Å². The first-order valence-corrected chi connectivity index (χ1v) is 10.1. The van der Waals surface area contributed by atoms with Gasteiger partial charge in [-0.1, -0.05) is 0 Å². The van der Waals surface area contributed by atoms with Crippen LogP contribution in [-0.4, -0.2) is 48.9 Å². The zero-order valence-corrected chi connectivity index (χ0v) is 18.5. The summed E-state index contributed by atoms with van der Waals surface area (Å²) in [5.41, 5.74) is 0.600. The molecule has 1 spiro atoms. The van der Waals surface area contributed by atoms with E-state index >= 15 is 0 Å². The van der Waals surface area contributed by atoms with Crippen LogP contribution in [0, 0.1) is 10.8 Å². The number of hydrogen-bond acceptors (Lipinski definition) is 6. The van der Waals surface area contributed by atoms with Crippen molar-refractivity contribution in [3.05, 3.63) is 35.8 Å². The summed E-state index contributed by atoms with van der Waals surface area (Å²) < 4.78 is 16.2. The molecule has 0 aromatic carbocycles. The van der Waals surface area contributed by atoms with Crippen molar-refractivity contribution in [2.75, 3.05) is 26.2 Å². The molecular weight excluding hydrogens is 459 g/mol. The first kappa shape index (κ1) is 21.9. The average Bonchev–Trinajstić information content (AvgIpc) is 2.92. The second-order valence-corrected chi connectivity index (χ2v) is 8.45. The lowest BCUT2D eigenvalue weighted by Gasteiger charge is -2.38. The minimum atomic E-state index is -0.434. The van der Waals surface area contributed by atoms with Crippen molar-refractivity contribution in [3.63, 3.8) is 0 Å². The van der Waals surface area contributed by atoms with Gasteiger partial charge in [0, 0.05) is 23.7 Å². The molecule has 2 aliphatic heterocycles. The van der Waals surface area contributed by atoms with Crippen LogP contribution in [0.1, 0.15) is 40.0 Å². The third-order valence-electron chi connectivity index (χ3n) is 4.83. The van der Waals surface area contributed by atoms with Gasteiger partial charge in [0.15, 0.2) is 23.0 Å². The van der Waals surface area contributed by atoms with Crippen molar-refractivity contribution in [2.45, 2.75) is 45.6 Å². The zero-order valence-electron chi connectivity index (χ0n) is 16.3. The van der Waals surface area contributed by atoms with Gasteiger partial charge in [-0.05, 0) is 64.9 Å². The van der Waals surface area contributed by atoms with Crippen molar-refractivity contribution in [1.82, 2.24) is 4.90 Å². The molecule has 0 radical (unpaired) electrons. The number of esters is 1. The van der Waals surface area contributed by atoms with Gasteiger partial charge in [-0.15, -0.1) is 0 Å². The molecule has 6 nitrogen and oxygen atoms in total. The molecule has 0 aliphatic carbocycles. The van der Waals surface area contributed by atoms with Gasteiger partial charge in [-0.25, -0.2) is 0 Å². The standard InChI is InChI=1S/C20H29IN2O4/c1-19(2,3)27-18(24)7-11-23-12-8-20(9-13-23)15-25-17(5-4-14-26-21)16(20)6-10-22/h4-6,10,14,22H,7-9,11-13,15H2,1-3H3/b14-4+,16-6+,17-5+,22-10?. The Balaban J connectivity index is 1.94. The third-order valence-corrected chi connectivity index (χ3v) is 5.13. The summed E-state index contributed by atoms with van der Waals surface area (Å²) in [5, 5.41) is 7.51. The molecule has 0 aromatic heterocycles. The van der Waals surface area contributed by atoms with Crippen LogP contribution in [0.15, 0.2) is 35.8 Å². The van der Waals surface area contributed by atoms with Gasteiger partial charge in [0.2, 0.25) is 0 Å². The van der Waals surface area contributed by atoms with E-state index in [0.717, 1.165) is 37.3 Å². The van der Waals surface area contributed by atoms with Crippen molar-refractivity contribution in [2.24, 2.45) is 5.41 Å². The zero-order chi connectivity index (χ0) is 19.9. The molecular formula is C20H29IN2O4. The molecule has 0 saturated carbocycles. The second kappa shape index (κ2) is 9.73. The van der Waals surface area contributed by atoms with E-state index in [2.05, 4.69) is 4.90 Å². The van der Waals surface area contributed by atoms with Crippen LogP contribution in [0.25, 0.3) is 0 Å². The molecule has 2 aliphatic rings. The summed E-state index contributed by atoms with van der Waals surface area (Å²) in [6, 6.07) is 0. The van der Waals surface area contributed by atoms with E-state index in [0.29, 0.717) is 19.6 Å². The van der Waals surface area contributed by atoms with Crippen molar-refractivity contribution in [1.29, 1.82) is 5.41 Å². The molecule has 1 N–H and O–H groups in total. The van der Waals surface area contributed by atoms with Gasteiger partial charge in [0.25, 0.3) is 0 Å². The number of nitrogens with zero attached hydrogens (tertiary/aromatic N) is 1. The lowest BCUT2D eigenvalue weighted by molar-refractivity contribution is -0.155. The maximum Gasteiger partial charge on any atom is 0.307 e. The number of allylic oxidation sites excluding steroid dienone is 4. The fraction of sp³-hybridized carbons (Fsp3) is 0.600. The number of hydrogen-bond donors (Lipinski definition) is 1. The summed E-state index contributed by atoms with van der Waals surface area (Å²) in [5.74, 6) is 0.663. The predicted molar refractivity (Wildman–Crippen MR) is 114 cm³/mol. The first-order chi connectivity index (χ1) is 12.8. The number of ether oxygens (including phenoxy) is 2. The number of rotatable bonds is 6. The predicted octanol–water partition coefficient (Wildman–Crippen LogP) is 4.17. The van der Waals surface area contributed by atoms with Crippen molar-refractivity contribution < 1.29 is 17.3 Å². The van der Waals surface area contributed by atoms with Gasteiger partial charge in [-0.3, -0.25) is 4.79 Å². The molecule has 2 heterocycles. The number of piperidine rings is 1. The van der Waals surface area contributed by atoms with Crippen LogP contribution in [-0.2, 0) is 17.3 Å². The summed E-state index contributed by atoms with van der Waals surface area (Å²) >= 11 is 1.81. The molecule has 0 bridgehead atoms. The van der Waals surface area contributed by atoms with E-state index in [9.17, 15) is 4.79 Å². The van der Waals surface area contributed by atoms with Crippen molar-refractivity contribution >= 4 is 35.2 Å². The van der Waals surface area contributed by atoms with Gasteiger partial charge in [0.05, 0.1) is 19.3 Å². The Hall–Kier alpha value is -1.35. The second-order valence-electron chi connectivity index (χ2n) is 7.94. The Kier molecular flexibility index (Phi) is 7.91. The highest BCUT2D eigenvalue weighted by molar-refractivity contribution is 14.1. The summed E-state index contributed by atoms with van der Waals surface area (Å²) in [6.45, 7) is 8.83. The lowest BCUT2D eigenvalue weighted by atomic mass is 9.73. The van der Waals surface area contributed by atoms with Gasteiger partial charge < -0.3 is 22.8 Å². The van der Waals surface area contributed by atoms with Crippen LogP contribution in [0.5, 0.6) is 0 Å². The Morgan fingerprint density at radius 1 is 1.33 bits per heavy atom. The Bertz CT molecular complexity index is 626. The number of carbonyl (C=O) groups excluding carboxylic acids is 1. The van der Waals surface area contributed by atoms with E-state index in [1.165, 1.54) is 6.21 Å². The van der Waals surface area contributed by atoms with Gasteiger partial charge in [0.1, 0.15) is 11.4 Å². The SMILES string of the molecule is CC(C)(C)OC(=O)CCN1CCC2(CC1)COC(=C/C=C/OI)/C2=C\C=N. The van der Waals surface area contributed by atoms with Crippen molar-refractivity contribution in [3.8, 4) is 0 Å². The Morgan fingerprint density at radius 3 is 2.63 bits per heavy atom. The minimum Gasteiger partial charge on any atom is -0.492 e. The number of carbonyl (C=O) groups is 1. The average molecular weight is 488 g/mol. The first-order valence-electron chi connectivity index (χ1n) is 9.22. The lowest BCUT2D eigenvalue weighted by Crippen LogP contribution is -2.42. The maximum atomic E-state index is 11.9. The van der Waals surface area contributed by atoms with E-state index in [-0.39, 0.29) is 11.4 Å². The molecule has 150 valence electrons. The largest absolute Gasteiger partial charge is 0.492 e. The number of nitrogens with one attached hydrogen (secondary N) is 1. The van der Waals surface area contributed by atoms with E-state index in [1.807, 2.05) is 55.9 Å². The van der Waals surface area contributed by atoms with Crippen LogP contribution in [0.2, 0.25) is 0 Å². The molecule has 0 amide bonds. The minimum absolute atomic E-state index is 0.0508. The fourth-order valence-electron chi connectivity index (χ4n) is 3.53.